The Balaban J connectivity index is 2.04. The smallest absolute Gasteiger partial charge is 0.287 e. The zero-order valence-corrected chi connectivity index (χ0v) is 11.4. The van der Waals surface area contributed by atoms with E-state index in [2.05, 4.69) is 10.6 Å². The van der Waals surface area contributed by atoms with Crippen LogP contribution in [-0.2, 0) is 0 Å². The van der Waals surface area contributed by atoms with E-state index in [-0.39, 0.29) is 11.3 Å². The number of rotatable bonds is 4. The van der Waals surface area contributed by atoms with E-state index < -0.39 is 4.92 Å². The monoisotopic (exact) mass is 274 g/mol. The van der Waals surface area contributed by atoms with Crippen LogP contribution in [0.3, 0.4) is 0 Å². The molecule has 1 aliphatic carbocycles. The Labute approximate surface area is 117 Å². The molecule has 0 amide bonds. The summed E-state index contributed by atoms with van der Waals surface area (Å²) in [6.45, 7) is 0. The van der Waals surface area contributed by atoms with Crippen molar-refractivity contribution in [3.8, 4) is 6.07 Å². The highest BCUT2D eigenvalue weighted by atomic mass is 16.6. The first-order valence-electron chi connectivity index (χ1n) is 6.76. The second-order valence-corrected chi connectivity index (χ2v) is 5.08. The molecule has 0 aliphatic heterocycles. The lowest BCUT2D eigenvalue weighted by atomic mass is 9.91. The van der Waals surface area contributed by atoms with Gasteiger partial charge in [-0.3, -0.25) is 10.1 Å². The van der Waals surface area contributed by atoms with Gasteiger partial charge in [-0.1, -0.05) is 0 Å². The first-order valence-corrected chi connectivity index (χ1v) is 6.76. The fourth-order valence-electron chi connectivity index (χ4n) is 2.64. The molecule has 0 heterocycles. The van der Waals surface area contributed by atoms with Crippen molar-refractivity contribution in [2.45, 2.75) is 37.8 Å². The number of benzene rings is 1. The number of hydrogen-bond acceptors (Lipinski definition) is 5. The first kappa shape index (κ1) is 14.3. The zero-order valence-electron chi connectivity index (χ0n) is 11.4. The van der Waals surface area contributed by atoms with Crippen LogP contribution in [0, 0.1) is 21.4 Å². The van der Waals surface area contributed by atoms with Gasteiger partial charge in [-0.2, -0.15) is 5.26 Å². The molecular weight excluding hydrogens is 256 g/mol. The van der Waals surface area contributed by atoms with Crippen molar-refractivity contribution in [3.63, 3.8) is 0 Å². The molecule has 6 heteroatoms. The minimum atomic E-state index is -0.527. The van der Waals surface area contributed by atoms with Crippen molar-refractivity contribution in [2.24, 2.45) is 0 Å². The summed E-state index contributed by atoms with van der Waals surface area (Å²) in [5, 5.41) is 26.4. The fraction of sp³-hybridized carbons (Fsp3) is 0.500. The van der Waals surface area contributed by atoms with Gasteiger partial charge in [0.1, 0.15) is 11.6 Å². The van der Waals surface area contributed by atoms with E-state index >= 15 is 0 Å². The van der Waals surface area contributed by atoms with Crippen LogP contribution in [-0.4, -0.2) is 24.1 Å². The standard InChI is InChI=1S/C14H18N4O2/c1-16-11-2-4-12(5-3-11)17-13-6-7-14(18(19)20)10(8-13)9-15/h6-8,11-12,16-17H,2-5H2,1H3. The van der Waals surface area contributed by atoms with Crippen LogP contribution < -0.4 is 10.6 Å². The van der Waals surface area contributed by atoms with Crippen LogP contribution in [0.1, 0.15) is 31.2 Å². The van der Waals surface area contributed by atoms with Gasteiger partial charge in [-0.25, -0.2) is 0 Å². The highest BCUT2D eigenvalue weighted by molar-refractivity contribution is 5.59. The number of anilines is 1. The van der Waals surface area contributed by atoms with Crippen LogP contribution in [0.2, 0.25) is 0 Å². The van der Waals surface area contributed by atoms with Gasteiger partial charge in [-0.15, -0.1) is 0 Å². The molecule has 0 radical (unpaired) electrons. The second-order valence-electron chi connectivity index (χ2n) is 5.08. The molecule has 1 fully saturated rings. The third-order valence-electron chi connectivity index (χ3n) is 3.82. The Kier molecular flexibility index (Phi) is 4.53. The first-order chi connectivity index (χ1) is 9.63. The quantitative estimate of drug-likeness (QED) is 0.650. The van der Waals surface area contributed by atoms with Gasteiger partial charge in [0, 0.05) is 23.8 Å². The molecule has 106 valence electrons. The van der Waals surface area contributed by atoms with Crippen LogP contribution >= 0.6 is 0 Å². The molecule has 20 heavy (non-hydrogen) atoms. The lowest BCUT2D eigenvalue weighted by Gasteiger charge is -2.29. The summed E-state index contributed by atoms with van der Waals surface area (Å²) in [4.78, 5) is 10.3. The summed E-state index contributed by atoms with van der Waals surface area (Å²) in [6.07, 6.45) is 4.35. The minimum absolute atomic E-state index is 0.101. The highest BCUT2D eigenvalue weighted by Gasteiger charge is 2.20. The van der Waals surface area contributed by atoms with Crippen molar-refractivity contribution < 1.29 is 4.92 Å². The summed E-state index contributed by atoms with van der Waals surface area (Å²) < 4.78 is 0. The number of nitro benzene ring substituents is 1. The fourth-order valence-corrected chi connectivity index (χ4v) is 2.64. The molecule has 0 aromatic heterocycles. The molecule has 0 bridgehead atoms. The van der Waals surface area contributed by atoms with Gasteiger partial charge >= 0.3 is 0 Å². The Morgan fingerprint density at radius 3 is 2.50 bits per heavy atom. The van der Waals surface area contributed by atoms with Gasteiger partial charge in [-0.05, 0) is 44.9 Å². The molecular formula is C14H18N4O2. The van der Waals surface area contributed by atoms with Crippen molar-refractivity contribution in [2.75, 3.05) is 12.4 Å². The Bertz CT molecular complexity index is 530. The number of hydrogen-bond donors (Lipinski definition) is 2. The molecule has 1 saturated carbocycles. The summed E-state index contributed by atoms with van der Waals surface area (Å²) in [6, 6.07) is 7.45. The van der Waals surface area contributed by atoms with E-state index in [1.165, 1.54) is 6.07 Å². The van der Waals surface area contributed by atoms with Crippen molar-refractivity contribution in [3.05, 3.63) is 33.9 Å². The Morgan fingerprint density at radius 1 is 1.30 bits per heavy atom. The average Bonchev–Trinajstić information content (AvgIpc) is 2.47. The molecule has 1 aliphatic rings. The van der Waals surface area contributed by atoms with Gasteiger partial charge in [0.15, 0.2) is 0 Å². The lowest BCUT2D eigenvalue weighted by molar-refractivity contribution is -0.385. The number of nitriles is 1. The molecule has 2 rings (SSSR count). The molecule has 6 nitrogen and oxygen atoms in total. The number of nitro groups is 1. The molecule has 0 saturated heterocycles. The van der Waals surface area contributed by atoms with Gasteiger partial charge in [0.2, 0.25) is 0 Å². The van der Waals surface area contributed by atoms with Crippen molar-refractivity contribution in [1.82, 2.24) is 5.32 Å². The van der Waals surface area contributed by atoms with Crippen LogP contribution in [0.5, 0.6) is 0 Å². The summed E-state index contributed by atoms with van der Waals surface area (Å²) in [7, 11) is 1.98. The van der Waals surface area contributed by atoms with E-state index in [4.69, 9.17) is 5.26 Å². The lowest BCUT2D eigenvalue weighted by Crippen LogP contribution is -2.34. The maximum absolute atomic E-state index is 10.8. The highest BCUT2D eigenvalue weighted by Crippen LogP contribution is 2.25. The molecule has 0 unspecified atom stereocenters. The van der Waals surface area contributed by atoms with Crippen LogP contribution in [0.15, 0.2) is 18.2 Å². The molecule has 0 atom stereocenters. The van der Waals surface area contributed by atoms with Crippen molar-refractivity contribution in [1.29, 1.82) is 5.26 Å². The summed E-state index contributed by atoms with van der Waals surface area (Å²) in [5.74, 6) is 0. The summed E-state index contributed by atoms with van der Waals surface area (Å²) in [5.41, 5.74) is 0.737. The number of nitrogens with zero attached hydrogens (tertiary/aromatic N) is 2. The van der Waals surface area contributed by atoms with Gasteiger partial charge < -0.3 is 10.6 Å². The average molecular weight is 274 g/mol. The van der Waals surface area contributed by atoms with Crippen molar-refractivity contribution >= 4 is 11.4 Å². The van der Waals surface area contributed by atoms with Crippen LogP contribution in [0.25, 0.3) is 0 Å². The summed E-state index contributed by atoms with van der Waals surface area (Å²) >= 11 is 0. The largest absolute Gasteiger partial charge is 0.382 e. The Hall–Kier alpha value is -2.13. The molecule has 1 aromatic rings. The van der Waals surface area contributed by atoms with E-state index in [0.29, 0.717) is 12.1 Å². The van der Waals surface area contributed by atoms with Crippen LogP contribution in [0.4, 0.5) is 11.4 Å². The van der Waals surface area contributed by atoms with E-state index in [1.54, 1.807) is 12.1 Å². The molecule has 2 N–H and O–H groups in total. The molecule has 0 spiro atoms. The zero-order chi connectivity index (χ0) is 14.5. The third-order valence-corrected chi connectivity index (χ3v) is 3.82. The van der Waals surface area contributed by atoms with E-state index in [1.807, 2.05) is 13.1 Å². The number of nitrogens with one attached hydrogen (secondary N) is 2. The van der Waals surface area contributed by atoms with E-state index in [0.717, 1.165) is 31.4 Å². The van der Waals surface area contributed by atoms with Gasteiger partial charge in [0.05, 0.1) is 4.92 Å². The van der Waals surface area contributed by atoms with E-state index in [9.17, 15) is 10.1 Å². The molecule has 1 aromatic carbocycles. The predicted molar refractivity (Wildman–Crippen MR) is 76.5 cm³/mol. The van der Waals surface area contributed by atoms with Gasteiger partial charge in [0.25, 0.3) is 5.69 Å². The maximum Gasteiger partial charge on any atom is 0.287 e. The third kappa shape index (κ3) is 3.25. The maximum atomic E-state index is 10.8. The second kappa shape index (κ2) is 6.35. The Morgan fingerprint density at radius 2 is 1.95 bits per heavy atom. The minimum Gasteiger partial charge on any atom is -0.382 e. The normalized spacial score (nSPS) is 22.0. The topological polar surface area (TPSA) is 91.0 Å². The SMILES string of the molecule is CNC1CCC(Nc2ccc([N+](=O)[O-])c(C#N)c2)CC1. The predicted octanol–water partition coefficient (Wildman–Crippen LogP) is 2.41.